The Morgan fingerprint density at radius 3 is 2.67 bits per heavy atom. The summed E-state index contributed by atoms with van der Waals surface area (Å²) in [6.45, 7) is 7.02. The Bertz CT molecular complexity index is 1100. The summed E-state index contributed by atoms with van der Waals surface area (Å²) in [6, 6.07) is 7.54. The molecule has 1 aromatic heterocycles. The average molecular weight is 406 g/mol. The molecule has 1 atom stereocenters. The molecule has 0 saturated carbocycles. The molecule has 1 aliphatic carbocycles. The van der Waals surface area contributed by atoms with Gasteiger partial charge >= 0.3 is 17.6 Å². The van der Waals surface area contributed by atoms with Crippen LogP contribution in [0.4, 0.5) is 0 Å². The van der Waals surface area contributed by atoms with E-state index in [0.29, 0.717) is 42.8 Å². The molecule has 2 aromatic rings. The minimum atomic E-state index is -0.524. The van der Waals surface area contributed by atoms with Gasteiger partial charge in [-0.3, -0.25) is 0 Å². The van der Waals surface area contributed by atoms with Crippen molar-refractivity contribution in [2.45, 2.75) is 25.2 Å². The van der Waals surface area contributed by atoms with Gasteiger partial charge in [-0.05, 0) is 49.1 Å². The van der Waals surface area contributed by atoms with Gasteiger partial charge in [-0.15, -0.1) is 0 Å². The summed E-state index contributed by atoms with van der Waals surface area (Å²) in [7, 11) is 0. The number of allylic oxidation sites excluding steroid dienone is 3. The van der Waals surface area contributed by atoms with Crippen molar-refractivity contribution in [2.75, 3.05) is 6.61 Å². The summed E-state index contributed by atoms with van der Waals surface area (Å²) in [6.07, 6.45) is 9.35. The average Bonchev–Trinajstić information content (AvgIpc) is 2.76. The van der Waals surface area contributed by atoms with Gasteiger partial charge in [0.2, 0.25) is 0 Å². The number of hydrogen-bond donors (Lipinski definition) is 0. The van der Waals surface area contributed by atoms with E-state index in [2.05, 4.69) is 13.2 Å². The van der Waals surface area contributed by atoms with Crippen molar-refractivity contribution in [3.63, 3.8) is 0 Å². The maximum Gasteiger partial charge on any atom is 0.340 e. The molecule has 3 rings (SSSR count). The largest absolute Gasteiger partial charge is 0.463 e. The van der Waals surface area contributed by atoms with Crippen molar-refractivity contribution in [1.82, 2.24) is 0 Å². The van der Waals surface area contributed by atoms with E-state index in [1.807, 2.05) is 30.3 Å². The highest BCUT2D eigenvalue weighted by Crippen LogP contribution is 2.27. The van der Waals surface area contributed by atoms with Crippen LogP contribution in [0.25, 0.3) is 11.0 Å². The summed E-state index contributed by atoms with van der Waals surface area (Å²) in [4.78, 5) is 34.9. The van der Waals surface area contributed by atoms with Crippen LogP contribution in [0, 0.1) is 0 Å². The highest BCUT2D eigenvalue weighted by Gasteiger charge is 2.18. The van der Waals surface area contributed by atoms with E-state index in [1.54, 1.807) is 12.2 Å². The molecule has 6 nitrogen and oxygen atoms in total. The number of aryl methyl sites for hydroxylation is 1. The fraction of sp³-hybridized carbons (Fsp3) is 0.208. The van der Waals surface area contributed by atoms with Crippen LogP contribution in [0.3, 0.4) is 0 Å². The number of carbonyl (C=O) groups excluding carboxylic acids is 2. The van der Waals surface area contributed by atoms with Gasteiger partial charge in [-0.2, -0.15) is 0 Å². The van der Waals surface area contributed by atoms with Gasteiger partial charge in [0.25, 0.3) is 0 Å². The molecular weight excluding hydrogens is 384 g/mol. The van der Waals surface area contributed by atoms with Crippen LogP contribution < -0.4 is 5.63 Å². The third kappa shape index (κ3) is 5.23. The maximum atomic E-state index is 12.5. The second-order valence-electron chi connectivity index (χ2n) is 6.77. The molecule has 0 radical (unpaired) electrons. The van der Waals surface area contributed by atoms with Crippen molar-refractivity contribution in [1.29, 1.82) is 0 Å². The lowest BCUT2D eigenvalue weighted by molar-refractivity contribution is -0.138. The van der Waals surface area contributed by atoms with Crippen LogP contribution in [0.5, 0.6) is 0 Å². The molecular formula is C24H22O6. The summed E-state index contributed by atoms with van der Waals surface area (Å²) < 4.78 is 15.6. The summed E-state index contributed by atoms with van der Waals surface area (Å²) in [5.74, 6) is -0.685. The van der Waals surface area contributed by atoms with E-state index in [1.165, 1.54) is 0 Å². The first-order chi connectivity index (χ1) is 14.5. The zero-order chi connectivity index (χ0) is 21.5. The monoisotopic (exact) mass is 406 g/mol. The molecule has 0 N–H and O–H groups in total. The van der Waals surface area contributed by atoms with Gasteiger partial charge < -0.3 is 13.9 Å². The Balaban J connectivity index is 1.69. The molecule has 30 heavy (non-hydrogen) atoms. The predicted molar refractivity (Wildman–Crippen MR) is 113 cm³/mol. The third-order valence-corrected chi connectivity index (χ3v) is 4.70. The minimum Gasteiger partial charge on any atom is -0.463 e. The third-order valence-electron chi connectivity index (χ3n) is 4.70. The fourth-order valence-corrected chi connectivity index (χ4v) is 3.16. The second-order valence-corrected chi connectivity index (χ2v) is 6.77. The van der Waals surface area contributed by atoms with Crippen molar-refractivity contribution >= 4 is 22.9 Å². The van der Waals surface area contributed by atoms with Crippen LogP contribution >= 0.6 is 0 Å². The van der Waals surface area contributed by atoms with Gasteiger partial charge in [0, 0.05) is 29.0 Å². The van der Waals surface area contributed by atoms with Gasteiger partial charge in [-0.1, -0.05) is 31.4 Å². The Morgan fingerprint density at radius 2 is 1.97 bits per heavy atom. The normalized spacial score (nSPS) is 15.3. The fourth-order valence-electron chi connectivity index (χ4n) is 3.16. The standard InChI is InChI=1S/C24H22O6/c1-3-22(25)28-13-5-6-16-7-8-18-15-20(24(27)30-21(18)14-16)17-9-11-19(12-10-17)29-23(26)4-2/h3-4,7-9,11-12,14-15,17H,1-2,5-6,10,13H2. The number of rotatable bonds is 8. The topological polar surface area (TPSA) is 82.8 Å². The first-order valence-electron chi connectivity index (χ1n) is 9.58. The number of carbonyl (C=O) groups is 2. The van der Waals surface area contributed by atoms with Gasteiger partial charge in [-0.25, -0.2) is 14.4 Å². The van der Waals surface area contributed by atoms with E-state index in [0.717, 1.165) is 23.1 Å². The van der Waals surface area contributed by atoms with E-state index in [-0.39, 0.29) is 5.92 Å². The second kappa shape index (κ2) is 9.69. The van der Waals surface area contributed by atoms with Crippen LogP contribution in [-0.2, 0) is 25.5 Å². The molecule has 0 saturated heterocycles. The highest BCUT2D eigenvalue weighted by atomic mass is 16.5. The van der Waals surface area contributed by atoms with Crippen LogP contribution in [-0.4, -0.2) is 18.5 Å². The lowest BCUT2D eigenvalue weighted by Gasteiger charge is -2.15. The molecule has 1 heterocycles. The lowest BCUT2D eigenvalue weighted by Crippen LogP contribution is -2.13. The Kier molecular flexibility index (Phi) is 6.80. The van der Waals surface area contributed by atoms with Crippen LogP contribution in [0.1, 0.15) is 29.9 Å². The molecule has 0 bridgehead atoms. The van der Waals surface area contributed by atoms with E-state index < -0.39 is 17.6 Å². The van der Waals surface area contributed by atoms with Crippen molar-refractivity contribution < 1.29 is 23.5 Å². The van der Waals surface area contributed by atoms with E-state index in [9.17, 15) is 14.4 Å². The SMILES string of the molecule is C=CC(=O)OCCCc1ccc2cc(C3C=CC(OC(=O)C=C)=CC3)c(=O)oc2c1. The molecule has 1 aliphatic rings. The zero-order valence-electron chi connectivity index (χ0n) is 16.5. The molecule has 6 heteroatoms. The quantitative estimate of drug-likeness (QED) is 0.284. The predicted octanol–water partition coefficient (Wildman–Crippen LogP) is 4.11. The first-order valence-corrected chi connectivity index (χ1v) is 9.58. The maximum absolute atomic E-state index is 12.5. The Labute approximate surface area is 173 Å². The molecule has 0 amide bonds. The van der Waals surface area contributed by atoms with Crippen molar-refractivity contribution in [3.8, 4) is 0 Å². The molecule has 0 aliphatic heterocycles. The Morgan fingerprint density at radius 1 is 1.17 bits per heavy atom. The minimum absolute atomic E-state index is 0.156. The smallest absolute Gasteiger partial charge is 0.340 e. The number of ether oxygens (including phenoxy) is 2. The van der Waals surface area contributed by atoms with Gasteiger partial charge in [0.15, 0.2) is 0 Å². The summed E-state index contributed by atoms with van der Waals surface area (Å²) >= 11 is 0. The van der Waals surface area contributed by atoms with E-state index >= 15 is 0 Å². The summed E-state index contributed by atoms with van der Waals surface area (Å²) in [5, 5.41) is 0.827. The molecule has 0 fully saturated rings. The Hall–Kier alpha value is -3.67. The molecule has 154 valence electrons. The highest BCUT2D eigenvalue weighted by molar-refractivity contribution is 5.82. The number of esters is 2. The number of benzene rings is 1. The zero-order valence-corrected chi connectivity index (χ0v) is 16.5. The van der Waals surface area contributed by atoms with Crippen molar-refractivity contribution in [3.05, 3.63) is 95.1 Å². The summed E-state index contributed by atoms with van der Waals surface area (Å²) in [5.41, 5.74) is 1.66. The van der Waals surface area contributed by atoms with Crippen molar-refractivity contribution in [2.24, 2.45) is 0 Å². The number of hydrogen-bond acceptors (Lipinski definition) is 6. The molecule has 1 aromatic carbocycles. The molecule has 1 unspecified atom stereocenters. The van der Waals surface area contributed by atoms with Gasteiger partial charge in [0.1, 0.15) is 11.3 Å². The van der Waals surface area contributed by atoms with Crippen LogP contribution in [0.15, 0.2) is 82.8 Å². The molecule has 0 spiro atoms. The number of fused-ring (bicyclic) bond motifs is 1. The van der Waals surface area contributed by atoms with Gasteiger partial charge in [0.05, 0.1) is 6.61 Å². The first kappa shape index (κ1) is 21.0. The lowest BCUT2D eigenvalue weighted by atomic mass is 9.92. The van der Waals surface area contributed by atoms with E-state index in [4.69, 9.17) is 13.9 Å². The van der Waals surface area contributed by atoms with Crippen LogP contribution in [0.2, 0.25) is 0 Å².